The lowest BCUT2D eigenvalue weighted by molar-refractivity contribution is 0.0694. The molecule has 7 heteroatoms. The van der Waals surface area contributed by atoms with Gasteiger partial charge in [0.25, 0.3) is 0 Å². The van der Waals surface area contributed by atoms with Crippen molar-refractivity contribution in [3.8, 4) is 5.69 Å². The van der Waals surface area contributed by atoms with Crippen LogP contribution >= 0.6 is 0 Å². The maximum Gasteiger partial charge on any atom is 0.339 e. The fourth-order valence-electron chi connectivity index (χ4n) is 1.57. The molecular formula is C11H7F3N2O2. The van der Waals surface area contributed by atoms with E-state index in [0.29, 0.717) is 6.07 Å². The molecule has 0 aliphatic carbocycles. The highest BCUT2D eigenvalue weighted by molar-refractivity contribution is 5.88. The highest BCUT2D eigenvalue weighted by Crippen LogP contribution is 2.18. The van der Waals surface area contributed by atoms with E-state index in [-0.39, 0.29) is 16.9 Å². The summed E-state index contributed by atoms with van der Waals surface area (Å²) in [6.45, 7) is -1.11. The lowest BCUT2D eigenvalue weighted by atomic mass is 10.2. The van der Waals surface area contributed by atoms with Gasteiger partial charge in [-0.1, -0.05) is 0 Å². The Kier molecular flexibility index (Phi) is 3.05. The molecule has 0 unspecified atom stereocenters. The van der Waals surface area contributed by atoms with Crippen LogP contribution in [0.4, 0.5) is 13.2 Å². The fraction of sp³-hybridized carbons (Fsp3) is 0.0909. The normalized spacial score (nSPS) is 10.6. The molecule has 0 bridgehead atoms. The lowest BCUT2D eigenvalue weighted by Gasteiger charge is -2.06. The van der Waals surface area contributed by atoms with Crippen molar-refractivity contribution in [2.24, 2.45) is 0 Å². The Morgan fingerprint density at radius 3 is 2.39 bits per heavy atom. The van der Waals surface area contributed by atoms with Crippen molar-refractivity contribution in [2.45, 2.75) is 6.67 Å². The molecule has 2 rings (SSSR count). The number of aromatic nitrogens is 2. The van der Waals surface area contributed by atoms with E-state index in [2.05, 4.69) is 5.10 Å². The Hall–Kier alpha value is -2.31. The Labute approximate surface area is 99.3 Å². The summed E-state index contributed by atoms with van der Waals surface area (Å²) in [5, 5.41) is 12.4. The summed E-state index contributed by atoms with van der Waals surface area (Å²) in [5.74, 6) is -3.07. The van der Waals surface area contributed by atoms with Crippen LogP contribution in [-0.2, 0) is 6.67 Å². The molecule has 4 nitrogen and oxygen atoms in total. The van der Waals surface area contributed by atoms with Crippen LogP contribution in [0.2, 0.25) is 0 Å². The predicted molar refractivity (Wildman–Crippen MR) is 55.3 cm³/mol. The van der Waals surface area contributed by atoms with Crippen LogP contribution in [0.15, 0.2) is 24.4 Å². The van der Waals surface area contributed by atoms with Gasteiger partial charge in [-0.2, -0.15) is 5.10 Å². The zero-order valence-electron chi connectivity index (χ0n) is 8.90. The van der Waals surface area contributed by atoms with Crippen LogP contribution in [0.5, 0.6) is 0 Å². The maximum absolute atomic E-state index is 13.0. The average molecular weight is 256 g/mol. The van der Waals surface area contributed by atoms with Gasteiger partial charge >= 0.3 is 5.97 Å². The van der Waals surface area contributed by atoms with Gasteiger partial charge in [0.1, 0.15) is 23.9 Å². The number of hydrogen-bond donors (Lipinski definition) is 1. The molecule has 1 aromatic heterocycles. The third-order valence-corrected chi connectivity index (χ3v) is 2.32. The molecule has 0 aliphatic heterocycles. The molecule has 1 N–H and O–H groups in total. The average Bonchev–Trinajstić information content (AvgIpc) is 2.70. The Morgan fingerprint density at radius 2 is 1.89 bits per heavy atom. The molecule has 18 heavy (non-hydrogen) atoms. The molecule has 94 valence electrons. The first kappa shape index (κ1) is 12.2. The number of alkyl halides is 1. The standard InChI is InChI=1S/C11H7F3N2O2/c12-4-10-9(11(17)18)5-15-16(10)8-2-6(13)1-7(14)3-8/h1-3,5H,4H2,(H,17,18). The largest absolute Gasteiger partial charge is 0.478 e. The number of halogens is 3. The second kappa shape index (κ2) is 4.52. The minimum Gasteiger partial charge on any atom is -0.478 e. The third kappa shape index (κ3) is 2.06. The van der Waals surface area contributed by atoms with Gasteiger partial charge in [-0.3, -0.25) is 0 Å². The highest BCUT2D eigenvalue weighted by atomic mass is 19.1. The van der Waals surface area contributed by atoms with Crippen LogP contribution in [0.25, 0.3) is 5.69 Å². The molecular weight excluding hydrogens is 249 g/mol. The first-order valence-corrected chi connectivity index (χ1v) is 4.85. The van der Waals surface area contributed by atoms with Crippen LogP contribution in [-0.4, -0.2) is 20.9 Å². The summed E-state index contributed by atoms with van der Waals surface area (Å²) in [5.41, 5.74) is -0.692. The van der Waals surface area contributed by atoms with Gasteiger partial charge in [0.2, 0.25) is 0 Å². The highest BCUT2D eigenvalue weighted by Gasteiger charge is 2.18. The van der Waals surface area contributed by atoms with Gasteiger partial charge in [-0.05, 0) is 12.1 Å². The molecule has 0 saturated carbocycles. The van der Waals surface area contributed by atoms with Gasteiger partial charge in [0.15, 0.2) is 0 Å². The quantitative estimate of drug-likeness (QED) is 0.916. The minimum atomic E-state index is -1.36. The van der Waals surface area contributed by atoms with Crippen molar-refractivity contribution in [1.82, 2.24) is 9.78 Å². The fourth-order valence-corrected chi connectivity index (χ4v) is 1.57. The van der Waals surface area contributed by atoms with E-state index >= 15 is 0 Å². The summed E-state index contributed by atoms with van der Waals surface area (Å²) in [6, 6.07) is 2.52. The van der Waals surface area contributed by atoms with Gasteiger partial charge in [-0.25, -0.2) is 22.6 Å². The maximum atomic E-state index is 13.0. The first-order valence-electron chi connectivity index (χ1n) is 4.85. The summed E-state index contributed by atoms with van der Waals surface area (Å²) < 4.78 is 39.7. The van der Waals surface area contributed by atoms with Crippen LogP contribution in [0.3, 0.4) is 0 Å². The smallest absolute Gasteiger partial charge is 0.339 e. The topological polar surface area (TPSA) is 55.1 Å². The van der Waals surface area contributed by atoms with E-state index in [9.17, 15) is 18.0 Å². The summed E-state index contributed by atoms with van der Waals surface area (Å²) >= 11 is 0. The number of benzene rings is 1. The van der Waals surface area contributed by atoms with E-state index in [4.69, 9.17) is 5.11 Å². The van der Waals surface area contributed by atoms with Crippen molar-refractivity contribution in [3.05, 3.63) is 47.3 Å². The lowest BCUT2D eigenvalue weighted by Crippen LogP contribution is -2.06. The number of hydrogen-bond acceptors (Lipinski definition) is 2. The molecule has 0 aliphatic rings. The molecule has 0 radical (unpaired) electrons. The van der Waals surface area contributed by atoms with E-state index in [1.165, 1.54) is 0 Å². The SMILES string of the molecule is O=C(O)c1cnn(-c2cc(F)cc(F)c2)c1CF. The zero-order chi connectivity index (χ0) is 13.3. The van der Waals surface area contributed by atoms with E-state index in [1.54, 1.807) is 0 Å². The molecule has 0 fully saturated rings. The van der Waals surface area contributed by atoms with Crippen molar-refractivity contribution >= 4 is 5.97 Å². The second-order valence-corrected chi connectivity index (χ2v) is 3.48. The van der Waals surface area contributed by atoms with Gasteiger partial charge < -0.3 is 5.11 Å². The molecule has 0 spiro atoms. The van der Waals surface area contributed by atoms with E-state index < -0.39 is 24.3 Å². The molecule has 2 aromatic rings. The number of nitrogens with zero attached hydrogens (tertiary/aromatic N) is 2. The second-order valence-electron chi connectivity index (χ2n) is 3.48. The van der Waals surface area contributed by atoms with Gasteiger partial charge in [-0.15, -0.1) is 0 Å². The number of rotatable bonds is 3. The van der Waals surface area contributed by atoms with Crippen molar-refractivity contribution in [3.63, 3.8) is 0 Å². The number of carbonyl (C=O) groups is 1. The first-order chi connectivity index (χ1) is 8.52. The minimum absolute atomic E-state index is 0.0762. The van der Waals surface area contributed by atoms with E-state index in [0.717, 1.165) is 23.0 Å². The predicted octanol–water partition coefficient (Wildman–Crippen LogP) is 2.32. The van der Waals surface area contributed by atoms with Gasteiger partial charge in [0.05, 0.1) is 17.6 Å². The number of carboxylic acid groups (broad SMARTS) is 1. The van der Waals surface area contributed by atoms with Crippen molar-refractivity contribution < 1.29 is 23.1 Å². The Bertz CT molecular complexity index is 590. The molecule has 1 heterocycles. The van der Waals surface area contributed by atoms with Crippen LogP contribution in [0.1, 0.15) is 16.1 Å². The summed E-state index contributed by atoms with van der Waals surface area (Å²) in [4.78, 5) is 10.8. The van der Waals surface area contributed by atoms with Crippen LogP contribution < -0.4 is 0 Å². The van der Waals surface area contributed by atoms with Crippen molar-refractivity contribution in [2.75, 3.05) is 0 Å². The Morgan fingerprint density at radius 1 is 1.28 bits per heavy atom. The van der Waals surface area contributed by atoms with Crippen molar-refractivity contribution in [1.29, 1.82) is 0 Å². The monoisotopic (exact) mass is 256 g/mol. The summed E-state index contributed by atoms with van der Waals surface area (Å²) in [6.07, 6.45) is 0.931. The number of aromatic carboxylic acids is 1. The third-order valence-electron chi connectivity index (χ3n) is 2.32. The number of carboxylic acids is 1. The van der Waals surface area contributed by atoms with Gasteiger partial charge in [0, 0.05) is 6.07 Å². The van der Waals surface area contributed by atoms with E-state index in [1.807, 2.05) is 0 Å². The molecule has 1 aromatic carbocycles. The zero-order valence-corrected chi connectivity index (χ0v) is 8.90. The molecule has 0 saturated heterocycles. The molecule has 0 amide bonds. The van der Waals surface area contributed by atoms with Crippen LogP contribution in [0, 0.1) is 11.6 Å². The Balaban J connectivity index is 2.60. The summed E-state index contributed by atoms with van der Waals surface area (Å²) in [7, 11) is 0. The molecule has 0 atom stereocenters.